The van der Waals surface area contributed by atoms with Gasteiger partial charge in [0.2, 0.25) is 0 Å². The number of nitro groups is 1. The Bertz CT molecular complexity index is 861. The minimum Gasteiger partial charge on any atom is -0.490 e. The van der Waals surface area contributed by atoms with Crippen LogP contribution in [0.2, 0.25) is 0 Å². The molecule has 0 aliphatic rings. The molecular weight excluding hydrogens is 356 g/mol. The van der Waals surface area contributed by atoms with Crippen LogP contribution in [0, 0.1) is 10.1 Å². The van der Waals surface area contributed by atoms with E-state index in [0.717, 1.165) is 6.07 Å². The number of hydrogen-bond acceptors (Lipinski definition) is 7. The monoisotopic (exact) mass is 376 g/mol. The van der Waals surface area contributed by atoms with E-state index in [9.17, 15) is 19.7 Å². The van der Waals surface area contributed by atoms with Crippen molar-refractivity contribution in [1.29, 1.82) is 0 Å². The molecule has 2 rings (SSSR count). The highest BCUT2D eigenvalue weighted by molar-refractivity contribution is 5.97. The highest BCUT2D eigenvalue weighted by Crippen LogP contribution is 2.28. The maximum absolute atomic E-state index is 12.3. The standard InChI is InChI=1S/C17H20N4O6/c1-10(2)20-15(7-8-18-20)19-16(22)11(3)27-17(23)12-5-6-14(26-4)13(9-12)21(24)25/h5-11H,1-4H3,(H,19,22)/t11-/m1/s1. The van der Waals surface area contributed by atoms with Crippen LogP contribution in [0.25, 0.3) is 0 Å². The number of benzene rings is 1. The lowest BCUT2D eigenvalue weighted by Crippen LogP contribution is -2.31. The number of anilines is 1. The lowest BCUT2D eigenvalue weighted by Gasteiger charge is -2.15. The number of aromatic nitrogens is 2. The van der Waals surface area contributed by atoms with Gasteiger partial charge in [-0.05, 0) is 32.9 Å². The number of esters is 1. The largest absolute Gasteiger partial charge is 0.490 e. The van der Waals surface area contributed by atoms with E-state index in [1.54, 1.807) is 16.9 Å². The van der Waals surface area contributed by atoms with Gasteiger partial charge in [0.25, 0.3) is 5.91 Å². The molecule has 0 bridgehead atoms. The molecule has 1 aromatic carbocycles. The molecule has 1 N–H and O–H groups in total. The lowest BCUT2D eigenvalue weighted by atomic mass is 10.2. The van der Waals surface area contributed by atoms with E-state index >= 15 is 0 Å². The number of amides is 1. The summed E-state index contributed by atoms with van der Waals surface area (Å²) in [6.45, 7) is 5.21. The highest BCUT2D eigenvalue weighted by Gasteiger charge is 2.23. The molecule has 0 aliphatic heterocycles. The van der Waals surface area contributed by atoms with E-state index in [-0.39, 0.29) is 23.0 Å². The van der Waals surface area contributed by atoms with E-state index in [0.29, 0.717) is 5.82 Å². The number of carbonyl (C=O) groups excluding carboxylic acids is 2. The maximum Gasteiger partial charge on any atom is 0.339 e. The van der Waals surface area contributed by atoms with Gasteiger partial charge in [-0.2, -0.15) is 5.10 Å². The fraction of sp³-hybridized carbons (Fsp3) is 0.353. The molecule has 1 heterocycles. The molecule has 1 atom stereocenters. The van der Waals surface area contributed by atoms with E-state index < -0.39 is 22.9 Å². The summed E-state index contributed by atoms with van der Waals surface area (Å²) < 4.78 is 11.6. The van der Waals surface area contributed by atoms with E-state index in [1.807, 2.05) is 13.8 Å². The van der Waals surface area contributed by atoms with Crippen LogP contribution in [0.3, 0.4) is 0 Å². The van der Waals surface area contributed by atoms with Gasteiger partial charge >= 0.3 is 11.7 Å². The van der Waals surface area contributed by atoms with Gasteiger partial charge in [-0.15, -0.1) is 0 Å². The van der Waals surface area contributed by atoms with Crippen LogP contribution >= 0.6 is 0 Å². The second-order valence-electron chi connectivity index (χ2n) is 5.94. The van der Waals surface area contributed by atoms with E-state index in [1.165, 1.54) is 26.2 Å². The van der Waals surface area contributed by atoms with Gasteiger partial charge < -0.3 is 14.8 Å². The van der Waals surface area contributed by atoms with Crippen molar-refractivity contribution in [1.82, 2.24) is 9.78 Å². The summed E-state index contributed by atoms with van der Waals surface area (Å²) in [6.07, 6.45) is 0.428. The van der Waals surface area contributed by atoms with Gasteiger partial charge in [-0.3, -0.25) is 14.9 Å². The number of hydrogen-bond donors (Lipinski definition) is 1. The van der Waals surface area contributed by atoms with Crippen LogP contribution in [-0.2, 0) is 9.53 Å². The molecular formula is C17H20N4O6. The summed E-state index contributed by atoms with van der Waals surface area (Å²) in [6, 6.07) is 5.32. The molecule has 1 aromatic heterocycles. The molecule has 0 saturated carbocycles. The molecule has 0 saturated heterocycles. The topological polar surface area (TPSA) is 126 Å². The van der Waals surface area contributed by atoms with Gasteiger partial charge in [-0.25, -0.2) is 9.48 Å². The number of nitrogens with zero attached hydrogens (tertiary/aromatic N) is 3. The zero-order valence-electron chi connectivity index (χ0n) is 15.3. The quantitative estimate of drug-likeness (QED) is 0.447. The molecule has 27 heavy (non-hydrogen) atoms. The van der Waals surface area contributed by atoms with Crippen molar-refractivity contribution in [2.24, 2.45) is 0 Å². The Balaban J connectivity index is 2.08. The van der Waals surface area contributed by atoms with Crippen LogP contribution in [0.5, 0.6) is 5.75 Å². The molecule has 0 radical (unpaired) electrons. The molecule has 0 fully saturated rings. The van der Waals surface area contributed by atoms with Crippen LogP contribution in [0.1, 0.15) is 37.2 Å². The summed E-state index contributed by atoms with van der Waals surface area (Å²) in [5.41, 5.74) is -0.431. The van der Waals surface area contributed by atoms with Crippen LogP contribution in [-0.4, -0.2) is 39.8 Å². The second-order valence-corrected chi connectivity index (χ2v) is 5.94. The van der Waals surface area contributed by atoms with E-state index in [2.05, 4.69) is 10.4 Å². The predicted molar refractivity (Wildman–Crippen MR) is 95.8 cm³/mol. The molecule has 2 aromatic rings. The van der Waals surface area contributed by atoms with Gasteiger partial charge in [0, 0.05) is 18.2 Å². The van der Waals surface area contributed by atoms with Crippen molar-refractivity contribution in [3.63, 3.8) is 0 Å². The van der Waals surface area contributed by atoms with Crippen LogP contribution < -0.4 is 10.1 Å². The van der Waals surface area contributed by atoms with Gasteiger partial charge in [0.05, 0.1) is 23.8 Å². The Morgan fingerprint density at radius 1 is 1.26 bits per heavy atom. The van der Waals surface area contributed by atoms with Crippen molar-refractivity contribution in [2.45, 2.75) is 32.9 Å². The van der Waals surface area contributed by atoms with Crippen molar-refractivity contribution >= 4 is 23.4 Å². The van der Waals surface area contributed by atoms with Crippen LogP contribution in [0.15, 0.2) is 30.5 Å². The first kappa shape index (κ1) is 19.9. The first-order valence-corrected chi connectivity index (χ1v) is 8.12. The highest BCUT2D eigenvalue weighted by atomic mass is 16.6. The molecule has 0 unspecified atom stereocenters. The third-order valence-corrected chi connectivity index (χ3v) is 3.67. The Morgan fingerprint density at radius 2 is 1.96 bits per heavy atom. The predicted octanol–water partition coefficient (Wildman–Crippen LogP) is 2.56. The smallest absolute Gasteiger partial charge is 0.339 e. The van der Waals surface area contributed by atoms with Crippen LogP contribution in [0.4, 0.5) is 11.5 Å². The molecule has 144 valence electrons. The normalized spacial score (nSPS) is 11.7. The SMILES string of the molecule is COc1ccc(C(=O)O[C@H](C)C(=O)Nc2ccnn2C(C)C)cc1[N+](=O)[O-]. The summed E-state index contributed by atoms with van der Waals surface area (Å²) in [5, 5.41) is 17.8. The third-order valence-electron chi connectivity index (χ3n) is 3.67. The zero-order chi connectivity index (χ0) is 20.1. The zero-order valence-corrected chi connectivity index (χ0v) is 15.3. The number of methoxy groups -OCH3 is 1. The number of nitrogens with one attached hydrogen (secondary N) is 1. The summed E-state index contributed by atoms with van der Waals surface area (Å²) in [5.74, 6) is -0.920. The van der Waals surface area contributed by atoms with Gasteiger partial charge in [-0.1, -0.05) is 0 Å². The van der Waals surface area contributed by atoms with Crippen molar-refractivity contribution in [3.05, 3.63) is 46.1 Å². The Hall–Kier alpha value is -3.43. The molecule has 10 nitrogen and oxygen atoms in total. The molecule has 0 spiro atoms. The minimum atomic E-state index is -1.12. The Morgan fingerprint density at radius 3 is 2.56 bits per heavy atom. The minimum absolute atomic E-state index is 0.0179. The fourth-order valence-corrected chi connectivity index (χ4v) is 2.29. The van der Waals surface area contributed by atoms with Gasteiger partial charge in [0.15, 0.2) is 11.9 Å². The van der Waals surface area contributed by atoms with Crippen molar-refractivity contribution in [2.75, 3.05) is 12.4 Å². The fourth-order valence-electron chi connectivity index (χ4n) is 2.29. The Labute approximate surface area is 155 Å². The number of rotatable bonds is 7. The third kappa shape index (κ3) is 4.60. The first-order valence-electron chi connectivity index (χ1n) is 8.12. The molecule has 10 heteroatoms. The Kier molecular flexibility index (Phi) is 6.11. The average Bonchev–Trinajstić information content (AvgIpc) is 3.09. The van der Waals surface area contributed by atoms with Crippen molar-refractivity contribution < 1.29 is 24.0 Å². The second kappa shape index (κ2) is 8.30. The molecule has 1 amide bonds. The molecule has 0 aliphatic carbocycles. The van der Waals surface area contributed by atoms with Crippen molar-refractivity contribution in [3.8, 4) is 5.75 Å². The number of nitro benzene ring substituents is 1. The number of ether oxygens (including phenoxy) is 2. The number of carbonyl (C=O) groups is 2. The summed E-state index contributed by atoms with van der Waals surface area (Å²) >= 11 is 0. The van der Waals surface area contributed by atoms with Gasteiger partial charge in [0.1, 0.15) is 5.82 Å². The lowest BCUT2D eigenvalue weighted by molar-refractivity contribution is -0.385. The summed E-state index contributed by atoms with van der Waals surface area (Å²) in [7, 11) is 1.29. The summed E-state index contributed by atoms with van der Waals surface area (Å²) in [4.78, 5) is 34.9. The van der Waals surface area contributed by atoms with E-state index in [4.69, 9.17) is 9.47 Å². The first-order chi connectivity index (χ1) is 12.7. The average molecular weight is 376 g/mol. The maximum atomic E-state index is 12.3.